The van der Waals surface area contributed by atoms with Crippen LogP contribution in [0.3, 0.4) is 0 Å². The van der Waals surface area contributed by atoms with E-state index in [1.807, 2.05) is 48.5 Å². The Balaban J connectivity index is 1.29. The SMILES string of the molecule is Cc1nnn(-c2ccc(-c3ccc(C4(C(=O)O)CC4)cc3)cc2)c1NC(=O)OC(C)c1ccc(F)cc1. The number of halogens is 1. The number of aliphatic carboxylic acids is 1. The predicted molar refractivity (Wildman–Crippen MR) is 135 cm³/mol. The molecule has 4 aromatic rings. The van der Waals surface area contributed by atoms with Crippen molar-refractivity contribution in [2.75, 3.05) is 5.32 Å². The predicted octanol–water partition coefficient (Wildman–Crippen LogP) is 5.81. The second-order valence-corrected chi connectivity index (χ2v) is 9.17. The molecule has 0 radical (unpaired) electrons. The van der Waals surface area contributed by atoms with Gasteiger partial charge in [-0.25, -0.2) is 9.18 Å². The van der Waals surface area contributed by atoms with Crippen LogP contribution in [0.1, 0.15) is 42.7 Å². The minimum Gasteiger partial charge on any atom is -0.481 e. The third-order valence-corrected chi connectivity index (χ3v) is 6.72. The quantitative estimate of drug-likeness (QED) is 0.332. The zero-order chi connectivity index (χ0) is 26.2. The minimum absolute atomic E-state index is 0.362. The van der Waals surface area contributed by atoms with Gasteiger partial charge in [-0.3, -0.25) is 10.1 Å². The van der Waals surface area contributed by atoms with E-state index in [1.54, 1.807) is 26.0 Å². The van der Waals surface area contributed by atoms with Crippen LogP contribution in [-0.2, 0) is 14.9 Å². The van der Waals surface area contributed by atoms with Crippen molar-refractivity contribution >= 4 is 17.9 Å². The highest BCUT2D eigenvalue weighted by atomic mass is 19.1. The lowest BCUT2D eigenvalue weighted by molar-refractivity contribution is -0.140. The summed E-state index contributed by atoms with van der Waals surface area (Å²) in [6.07, 6.45) is 0.0714. The number of carboxylic acids is 1. The first-order valence-corrected chi connectivity index (χ1v) is 11.9. The molecule has 37 heavy (non-hydrogen) atoms. The lowest BCUT2D eigenvalue weighted by atomic mass is 9.94. The van der Waals surface area contributed by atoms with Crippen molar-refractivity contribution < 1.29 is 23.8 Å². The van der Waals surface area contributed by atoms with E-state index in [-0.39, 0.29) is 5.82 Å². The van der Waals surface area contributed by atoms with Crippen molar-refractivity contribution in [2.45, 2.75) is 38.2 Å². The zero-order valence-electron chi connectivity index (χ0n) is 20.3. The molecule has 1 aliphatic rings. The van der Waals surface area contributed by atoms with Crippen LogP contribution < -0.4 is 5.32 Å². The third kappa shape index (κ3) is 4.80. The standard InChI is InChI=1S/C28H25FN4O4/c1-17-25(30-27(36)37-18(2)19-5-11-23(29)12-6-19)33(32-31-17)24-13-7-21(8-14-24)20-3-9-22(10-4-20)28(15-16-28)26(34)35/h3-14,18H,15-16H2,1-2H3,(H,30,36)(H,34,35). The molecule has 1 amide bonds. The number of carboxylic acid groups (broad SMARTS) is 1. The number of rotatable bonds is 7. The number of amides is 1. The Bertz CT molecular complexity index is 1440. The van der Waals surface area contributed by atoms with E-state index in [1.165, 1.54) is 16.8 Å². The monoisotopic (exact) mass is 500 g/mol. The molecule has 8 nitrogen and oxygen atoms in total. The van der Waals surface area contributed by atoms with Gasteiger partial charge in [0.2, 0.25) is 0 Å². The topological polar surface area (TPSA) is 106 Å². The Labute approximate surface area is 212 Å². The Hall–Kier alpha value is -4.53. The Morgan fingerprint density at radius 2 is 1.59 bits per heavy atom. The summed E-state index contributed by atoms with van der Waals surface area (Å²) in [6, 6.07) is 20.9. The van der Waals surface area contributed by atoms with Crippen LogP contribution in [0.25, 0.3) is 16.8 Å². The molecule has 1 atom stereocenters. The van der Waals surface area contributed by atoms with E-state index in [2.05, 4.69) is 15.6 Å². The van der Waals surface area contributed by atoms with E-state index in [0.717, 1.165) is 16.7 Å². The van der Waals surface area contributed by atoms with Gasteiger partial charge >= 0.3 is 12.1 Å². The van der Waals surface area contributed by atoms with Crippen LogP contribution in [0.15, 0.2) is 72.8 Å². The summed E-state index contributed by atoms with van der Waals surface area (Å²) in [5.41, 5.74) is 3.88. The molecule has 1 fully saturated rings. The van der Waals surface area contributed by atoms with E-state index in [0.29, 0.717) is 35.6 Å². The summed E-state index contributed by atoms with van der Waals surface area (Å²) < 4.78 is 20.1. The summed E-state index contributed by atoms with van der Waals surface area (Å²) in [6.45, 7) is 3.43. The van der Waals surface area contributed by atoms with Crippen LogP contribution in [0.2, 0.25) is 0 Å². The van der Waals surface area contributed by atoms with E-state index < -0.39 is 23.6 Å². The molecule has 5 rings (SSSR count). The van der Waals surface area contributed by atoms with Crippen molar-refractivity contribution in [3.8, 4) is 16.8 Å². The van der Waals surface area contributed by atoms with Gasteiger partial charge < -0.3 is 9.84 Å². The van der Waals surface area contributed by atoms with E-state index in [4.69, 9.17) is 4.74 Å². The average Bonchev–Trinajstić information content (AvgIpc) is 3.64. The number of nitrogens with zero attached hydrogens (tertiary/aromatic N) is 3. The van der Waals surface area contributed by atoms with Gasteiger partial charge in [-0.1, -0.05) is 53.7 Å². The van der Waals surface area contributed by atoms with Crippen LogP contribution >= 0.6 is 0 Å². The molecule has 0 saturated heterocycles. The summed E-state index contributed by atoms with van der Waals surface area (Å²) in [5, 5.41) is 20.4. The van der Waals surface area contributed by atoms with Crippen molar-refractivity contribution in [1.29, 1.82) is 0 Å². The van der Waals surface area contributed by atoms with Gasteiger partial charge in [-0.05, 0) is 73.2 Å². The number of ether oxygens (including phenoxy) is 1. The Morgan fingerprint density at radius 3 is 2.16 bits per heavy atom. The van der Waals surface area contributed by atoms with Gasteiger partial charge in [0, 0.05) is 0 Å². The summed E-state index contributed by atoms with van der Waals surface area (Å²) >= 11 is 0. The molecule has 9 heteroatoms. The molecular formula is C28H25FN4O4. The summed E-state index contributed by atoms with van der Waals surface area (Å²) in [4.78, 5) is 24.1. The average molecular weight is 501 g/mol. The second kappa shape index (κ2) is 9.50. The molecule has 3 aromatic carbocycles. The van der Waals surface area contributed by atoms with Gasteiger partial charge in [-0.15, -0.1) is 5.10 Å². The second-order valence-electron chi connectivity index (χ2n) is 9.17. The highest BCUT2D eigenvalue weighted by Crippen LogP contribution is 2.48. The van der Waals surface area contributed by atoms with Crippen molar-refractivity contribution in [2.24, 2.45) is 0 Å². The smallest absolute Gasteiger partial charge is 0.413 e. The number of benzene rings is 3. The maximum Gasteiger partial charge on any atom is 0.413 e. The van der Waals surface area contributed by atoms with Gasteiger partial charge in [0.25, 0.3) is 0 Å². The number of carbonyl (C=O) groups is 2. The molecule has 0 bridgehead atoms. The van der Waals surface area contributed by atoms with Gasteiger partial charge in [0.05, 0.1) is 11.1 Å². The molecule has 1 heterocycles. The lowest BCUT2D eigenvalue weighted by Gasteiger charge is -2.15. The normalized spacial score (nSPS) is 14.6. The Kier molecular flexibility index (Phi) is 6.20. The van der Waals surface area contributed by atoms with Crippen molar-refractivity contribution in [1.82, 2.24) is 15.0 Å². The highest BCUT2D eigenvalue weighted by molar-refractivity contribution is 5.85. The first-order chi connectivity index (χ1) is 17.8. The zero-order valence-corrected chi connectivity index (χ0v) is 20.3. The van der Waals surface area contributed by atoms with Crippen LogP contribution in [0, 0.1) is 12.7 Å². The fourth-order valence-electron chi connectivity index (χ4n) is 4.30. The number of nitrogens with one attached hydrogen (secondary N) is 1. The first-order valence-electron chi connectivity index (χ1n) is 11.9. The van der Waals surface area contributed by atoms with E-state index >= 15 is 0 Å². The van der Waals surface area contributed by atoms with Crippen molar-refractivity contribution in [3.05, 3.63) is 95.4 Å². The van der Waals surface area contributed by atoms with Gasteiger partial charge in [-0.2, -0.15) is 4.68 Å². The molecule has 0 spiro atoms. The number of aromatic nitrogens is 3. The number of carbonyl (C=O) groups excluding carboxylic acids is 1. The number of anilines is 1. The molecular weight excluding hydrogens is 475 g/mol. The third-order valence-electron chi connectivity index (χ3n) is 6.72. The lowest BCUT2D eigenvalue weighted by Crippen LogP contribution is -2.19. The largest absolute Gasteiger partial charge is 0.481 e. The number of hydrogen-bond acceptors (Lipinski definition) is 5. The summed E-state index contributed by atoms with van der Waals surface area (Å²) in [7, 11) is 0. The highest BCUT2D eigenvalue weighted by Gasteiger charge is 2.51. The maximum atomic E-state index is 13.2. The molecule has 1 unspecified atom stereocenters. The minimum atomic E-state index is -0.772. The van der Waals surface area contributed by atoms with Crippen LogP contribution in [-0.4, -0.2) is 32.2 Å². The molecule has 0 aliphatic heterocycles. The molecule has 1 saturated carbocycles. The molecule has 1 aliphatic carbocycles. The number of aryl methyl sites for hydroxylation is 1. The summed E-state index contributed by atoms with van der Waals surface area (Å²) in [5.74, 6) is -0.762. The fourth-order valence-corrected chi connectivity index (χ4v) is 4.30. The first kappa shape index (κ1) is 24.2. The van der Waals surface area contributed by atoms with E-state index in [9.17, 15) is 19.1 Å². The van der Waals surface area contributed by atoms with Gasteiger partial charge in [0.1, 0.15) is 17.6 Å². The fraction of sp³-hybridized carbons (Fsp3) is 0.214. The van der Waals surface area contributed by atoms with Gasteiger partial charge in [0.15, 0.2) is 5.82 Å². The Morgan fingerprint density at radius 1 is 1.00 bits per heavy atom. The number of hydrogen-bond donors (Lipinski definition) is 2. The maximum absolute atomic E-state index is 13.2. The van der Waals surface area contributed by atoms with Crippen LogP contribution in [0.5, 0.6) is 0 Å². The van der Waals surface area contributed by atoms with Crippen LogP contribution in [0.4, 0.5) is 15.0 Å². The molecule has 188 valence electrons. The molecule has 1 aromatic heterocycles. The van der Waals surface area contributed by atoms with Crippen molar-refractivity contribution in [3.63, 3.8) is 0 Å². The molecule has 2 N–H and O–H groups in total.